The van der Waals surface area contributed by atoms with Gasteiger partial charge in [0.05, 0.1) is 30.4 Å². The van der Waals surface area contributed by atoms with Crippen LogP contribution in [0.1, 0.15) is 24.8 Å². The number of nitrogens with zero attached hydrogens (tertiary/aromatic N) is 5. The van der Waals surface area contributed by atoms with Crippen molar-refractivity contribution < 1.29 is 28.8 Å². The van der Waals surface area contributed by atoms with Crippen molar-refractivity contribution in [2.75, 3.05) is 32.9 Å². The molecule has 12 nitrogen and oxygen atoms in total. The van der Waals surface area contributed by atoms with Crippen LogP contribution in [0.5, 0.6) is 5.88 Å². The van der Waals surface area contributed by atoms with Crippen LogP contribution in [0.3, 0.4) is 0 Å². The zero-order chi connectivity index (χ0) is 26.0. The minimum Gasteiger partial charge on any atom is -0.503 e. The quantitative estimate of drug-likeness (QED) is 0.182. The molecule has 0 saturated heterocycles. The first-order valence-corrected chi connectivity index (χ1v) is 12.3. The summed E-state index contributed by atoms with van der Waals surface area (Å²) >= 11 is 0. The Morgan fingerprint density at radius 3 is 2.17 bits per heavy atom. The molecule has 0 spiro atoms. The molecule has 4 N–H and O–H groups in total. The second-order valence-electron chi connectivity index (χ2n) is 7.54. The molecule has 0 saturated carbocycles. The third-order valence-corrected chi connectivity index (χ3v) is 7.13. The number of aromatic nitrogens is 1. The van der Waals surface area contributed by atoms with Crippen molar-refractivity contribution in [2.45, 2.75) is 37.6 Å². The third kappa shape index (κ3) is 6.71. The van der Waals surface area contributed by atoms with Crippen LogP contribution in [0.25, 0.3) is 4.85 Å². The van der Waals surface area contributed by atoms with Gasteiger partial charge >= 0.3 is 0 Å². The number of sulfonamides is 1. The fraction of sp³-hybridized carbons (Fsp3) is 0.455. The normalized spacial score (nSPS) is 11.9. The lowest BCUT2D eigenvalue weighted by Gasteiger charge is -2.20. The SMILES string of the molecule is [C-]#[N+]c1c(C)c(N=Nc2ccc(S(=O)(=O)N(CCO)CCO)cc2)c(=O)n(CCCCCO)c1O. The highest BCUT2D eigenvalue weighted by molar-refractivity contribution is 7.89. The Balaban J connectivity index is 2.37. The highest BCUT2D eigenvalue weighted by Crippen LogP contribution is 2.34. The molecule has 1 aromatic heterocycles. The molecule has 0 aliphatic carbocycles. The van der Waals surface area contributed by atoms with Crippen LogP contribution in [-0.4, -0.2) is 70.6 Å². The molecular formula is C22H29N5O7S. The molecular weight excluding hydrogens is 478 g/mol. The fourth-order valence-corrected chi connectivity index (χ4v) is 4.75. The molecule has 0 radical (unpaired) electrons. The van der Waals surface area contributed by atoms with E-state index in [9.17, 15) is 18.3 Å². The van der Waals surface area contributed by atoms with Gasteiger partial charge in [-0.25, -0.2) is 13.3 Å². The summed E-state index contributed by atoms with van der Waals surface area (Å²) in [4.78, 5) is 16.2. The summed E-state index contributed by atoms with van der Waals surface area (Å²) < 4.78 is 27.4. The standard InChI is InChI=1S/C22H29N5O7S/c1-16-19(23-2)21(31)27(10-4-3-5-13-28)22(32)20(16)25-24-17-6-8-18(9-7-17)35(33,34)26(11-14-29)12-15-30/h6-9,28-31H,3-5,10-15H2,1H3. The Kier molecular flexibility index (Phi) is 10.5. The Bertz CT molecular complexity index is 1230. The van der Waals surface area contributed by atoms with Crippen LogP contribution in [-0.2, 0) is 16.6 Å². The summed E-state index contributed by atoms with van der Waals surface area (Å²) in [5, 5.41) is 45.5. The van der Waals surface area contributed by atoms with Crippen molar-refractivity contribution in [3.8, 4) is 5.88 Å². The van der Waals surface area contributed by atoms with Gasteiger partial charge in [0.1, 0.15) is 5.69 Å². The lowest BCUT2D eigenvalue weighted by molar-refractivity contribution is 0.217. The maximum atomic E-state index is 12.9. The zero-order valence-corrected chi connectivity index (χ0v) is 20.1. The van der Waals surface area contributed by atoms with Crippen LogP contribution < -0.4 is 5.56 Å². The van der Waals surface area contributed by atoms with Crippen molar-refractivity contribution in [1.29, 1.82) is 0 Å². The number of pyridine rings is 1. The Morgan fingerprint density at radius 2 is 1.63 bits per heavy atom. The van der Waals surface area contributed by atoms with Gasteiger partial charge in [-0.2, -0.15) is 9.42 Å². The number of hydrogen-bond donors (Lipinski definition) is 4. The minimum atomic E-state index is -3.94. The first-order valence-electron chi connectivity index (χ1n) is 10.9. The molecule has 2 rings (SSSR count). The van der Waals surface area contributed by atoms with Gasteiger partial charge in [-0.05, 0) is 56.0 Å². The maximum absolute atomic E-state index is 12.9. The molecule has 0 atom stereocenters. The second-order valence-corrected chi connectivity index (χ2v) is 9.48. The Hall–Kier alpha value is -3.15. The molecule has 0 amide bonds. The van der Waals surface area contributed by atoms with E-state index in [4.69, 9.17) is 21.9 Å². The van der Waals surface area contributed by atoms with Gasteiger partial charge in [0.25, 0.3) is 5.56 Å². The van der Waals surface area contributed by atoms with Crippen molar-refractivity contribution in [3.63, 3.8) is 0 Å². The van der Waals surface area contributed by atoms with Gasteiger partial charge in [0.2, 0.25) is 15.7 Å². The number of benzene rings is 1. The van der Waals surface area contributed by atoms with E-state index in [1.807, 2.05) is 0 Å². The third-order valence-electron chi connectivity index (χ3n) is 5.22. The zero-order valence-electron chi connectivity index (χ0n) is 19.3. The van der Waals surface area contributed by atoms with Gasteiger partial charge in [-0.1, -0.05) is 0 Å². The van der Waals surface area contributed by atoms with Crippen LogP contribution in [0.15, 0.2) is 44.2 Å². The predicted octanol–water partition coefficient (Wildman–Crippen LogP) is 1.97. The number of hydrogen-bond acceptors (Lipinski definition) is 9. The number of aliphatic hydroxyl groups is 3. The summed E-state index contributed by atoms with van der Waals surface area (Å²) in [6.07, 6.45) is 1.68. The number of rotatable bonds is 13. The van der Waals surface area contributed by atoms with E-state index in [2.05, 4.69) is 15.1 Å². The van der Waals surface area contributed by atoms with E-state index >= 15 is 0 Å². The van der Waals surface area contributed by atoms with Crippen molar-refractivity contribution in [2.24, 2.45) is 10.2 Å². The molecule has 0 bridgehead atoms. The molecule has 0 aliphatic heterocycles. The largest absolute Gasteiger partial charge is 0.503 e. The van der Waals surface area contributed by atoms with E-state index in [1.165, 1.54) is 31.2 Å². The van der Waals surface area contributed by atoms with Crippen LogP contribution in [0.2, 0.25) is 0 Å². The minimum absolute atomic E-state index is 0.0164. The summed E-state index contributed by atoms with van der Waals surface area (Å²) in [6, 6.07) is 5.34. The smallest absolute Gasteiger partial charge is 0.279 e. The van der Waals surface area contributed by atoms with Crippen LogP contribution >= 0.6 is 0 Å². The monoisotopic (exact) mass is 507 g/mol. The molecule has 1 aromatic carbocycles. The number of aliphatic hydroxyl groups excluding tert-OH is 3. The highest BCUT2D eigenvalue weighted by atomic mass is 32.2. The van der Waals surface area contributed by atoms with Crippen molar-refractivity contribution in [1.82, 2.24) is 8.87 Å². The fourth-order valence-electron chi connectivity index (χ4n) is 3.33. The first kappa shape index (κ1) is 28.1. The predicted molar refractivity (Wildman–Crippen MR) is 128 cm³/mol. The van der Waals surface area contributed by atoms with E-state index in [1.54, 1.807) is 0 Å². The summed E-state index contributed by atoms with van der Waals surface area (Å²) in [5.41, 5.74) is -0.450. The molecule has 13 heteroatoms. The lowest BCUT2D eigenvalue weighted by atomic mass is 10.2. The van der Waals surface area contributed by atoms with E-state index in [0.717, 1.165) is 8.87 Å². The van der Waals surface area contributed by atoms with Crippen LogP contribution in [0, 0.1) is 13.5 Å². The Labute approximate surface area is 203 Å². The van der Waals surface area contributed by atoms with E-state index < -0.39 is 34.7 Å². The number of azo groups is 1. The van der Waals surface area contributed by atoms with Crippen LogP contribution in [0.4, 0.5) is 17.1 Å². The van der Waals surface area contributed by atoms with Gasteiger partial charge < -0.3 is 20.4 Å². The summed E-state index contributed by atoms with van der Waals surface area (Å²) in [6.45, 7) is 7.86. The average Bonchev–Trinajstić information content (AvgIpc) is 2.84. The lowest BCUT2D eigenvalue weighted by Crippen LogP contribution is -2.35. The van der Waals surface area contributed by atoms with Crippen molar-refractivity contribution in [3.05, 3.63) is 51.6 Å². The molecule has 0 aliphatic rings. The Morgan fingerprint density at radius 1 is 1.00 bits per heavy atom. The average molecular weight is 508 g/mol. The molecule has 1 heterocycles. The summed E-state index contributed by atoms with van der Waals surface area (Å²) in [5.74, 6) is -0.449. The van der Waals surface area contributed by atoms with E-state index in [0.29, 0.717) is 19.3 Å². The highest BCUT2D eigenvalue weighted by Gasteiger charge is 2.23. The van der Waals surface area contributed by atoms with Gasteiger partial charge in [0.15, 0.2) is 5.88 Å². The molecule has 2 aromatic rings. The molecule has 0 unspecified atom stereocenters. The van der Waals surface area contributed by atoms with Gasteiger partial charge in [-0.3, -0.25) is 9.36 Å². The maximum Gasteiger partial charge on any atom is 0.279 e. The topological polar surface area (TPSA) is 169 Å². The first-order chi connectivity index (χ1) is 16.7. The number of aromatic hydroxyl groups is 1. The van der Waals surface area contributed by atoms with Crippen molar-refractivity contribution >= 4 is 27.1 Å². The molecule has 190 valence electrons. The van der Waals surface area contributed by atoms with E-state index in [-0.39, 0.29) is 53.8 Å². The number of unbranched alkanes of at least 4 members (excludes halogenated alkanes) is 2. The molecule has 35 heavy (non-hydrogen) atoms. The summed E-state index contributed by atoms with van der Waals surface area (Å²) in [7, 11) is -3.94. The second kappa shape index (κ2) is 13.1. The van der Waals surface area contributed by atoms with Gasteiger partial charge in [0, 0.05) is 26.2 Å². The molecule has 0 fully saturated rings. The van der Waals surface area contributed by atoms with Gasteiger partial charge in [-0.15, -0.1) is 5.11 Å².